The zero-order chi connectivity index (χ0) is 15.6. The monoisotopic (exact) mass is 330 g/mol. The largest absolute Gasteiger partial charge is 0.480 e. The van der Waals surface area contributed by atoms with Crippen molar-refractivity contribution in [2.75, 3.05) is 18.4 Å². The Balaban J connectivity index is 2.10. The minimum absolute atomic E-state index is 0.334. The molecule has 1 fully saturated rings. The van der Waals surface area contributed by atoms with Crippen molar-refractivity contribution in [2.24, 2.45) is 5.92 Å². The van der Waals surface area contributed by atoms with E-state index >= 15 is 0 Å². The highest BCUT2D eigenvalue weighted by atomic mass is 35.5. The molecule has 1 aromatic carbocycles. The SMILES string of the molecule is Cc1cc(Cl)c(NC(=O)N(CC(=O)O)CC2CC2)cc1Cl. The highest BCUT2D eigenvalue weighted by Gasteiger charge is 2.28. The van der Waals surface area contributed by atoms with E-state index in [0.717, 1.165) is 18.4 Å². The minimum atomic E-state index is -1.04. The number of carbonyl (C=O) groups excluding carboxylic acids is 1. The van der Waals surface area contributed by atoms with Crippen molar-refractivity contribution in [3.05, 3.63) is 27.7 Å². The molecule has 0 aromatic heterocycles. The van der Waals surface area contributed by atoms with Gasteiger partial charge in [0.25, 0.3) is 0 Å². The number of carboxylic acid groups (broad SMARTS) is 1. The molecule has 0 saturated heterocycles. The maximum absolute atomic E-state index is 12.2. The Morgan fingerprint density at radius 3 is 2.57 bits per heavy atom. The third kappa shape index (κ3) is 4.51. The predicted octanol–water partition coefficient (Wildman–Crippen LogP) is 3.63. The molecule has 2 N–H and O–H groups in total. The van der Waals surface area contributed by atoms with Crippen LogP contribution in [0.5, 0.6) is 0 Å². The number of urea groups is 1. The van der Waals surface area contributed by atoms with Crippen LogP contribution < -0.4 is 5.32 Å². The first-order valence-electron chi connectivity index (χ1n) is 6.60. The van der Waals surface area contributed by atoms with Gasteiger partial charge in [-0.2, -0.15) is 0 Å². The van der Waals surface area contributed by atoms with E-state index in [0.29, 0.717) is 28.2 Å². The molecule has 2 amide bonds. The number of benzene rings is 1. The molecule has 5 nitrogen and oxygen atoms in total. The second kappa shape index (κ2) is 6.54. The third-order valence-electron chi connectivity index (χ3n) is 3.28. The topological polar surface area (TPSA) is 69.6 Å². The van der Waals surface area contributed by atoms with Gasteiger partial charge in [0.15, 0.2) is 0 Å². The van der Waals surface area contributed by atoms with E-state index in [1.54, 1.807) is 12.1 Å². The first-order valence-corrected chi connectivity index (χ1v) is 7.35. The van der Waals surface area contributed by atoms with Crippen LogP contribution in [0.15, 0.2) is 12.1 Å². The summed E-state index contributed by atoms with van der Waals surface area (Å²) in [5, 5.41) is 12.4. The summed E-state index contributed by atoms with van der Waals surface area (Å²) in [6, 6.07) is 2.74. The zero-order valence-corrected chi connectivity index (χ0v) is 13.0. The number of nitrogens with zero attached hydrogens (tertiary/aromatic N) is 1. The second-order valence-electron chi connectivity index (χ2n) is 5.23. The van der Waals surface area contributed by atoms with Gasteiger partial charge in [0.2, 0.25) is 0 Å². The van der Waals surface area contributed by atoms with Gasteiger partial charge in [-0.15, -0.1) is 0 Å². The summed E-state index contributed by atoms with van der Waals surface area (Å²) in [6.07, 6.45) is 2.06. The number of carbonyl (C=O) groups is 2. The molecule has 2 rings (SSSR count). The highest BCUT2D eigenvalue weighted by Crippen LogP contribution is 2.31. The molecule has 1 aliphatic rings. The van der Waals surface area contributed by atoms with Crippen molar-refractivity contribution >= 4 is 40.9 Å². The lowest BCUT2D eigenvalue weighted by atomic mass is 10.2. The molecule has 21 heavy (non-hydrogen) atoms. The van der Waals surface area contributed by atoms with Crippen LogP contribution in [0.1, 0.15) is 18.4 Å². The average molecular weight is 331 g/mol. The van der Waals surface area contributed by atoms with E-state index < -0.39 is 12.0 Å². The number of hydrogen-bond acceptors (Lipinski definition) is 2. The lowest BCUT2D eigenvalue weighted by Crippen LogP contribution is -2.40. The molecule has 0 bridgehead atoms. The molecule has 1 saturated carbocycles. The predicted molar refractivity (Wildman–Crippen MR) is 82.2 cm³/mol. The maximum atomic E-state index is 12.2. The van der Waals surface area contributed by atoms with E-state index in [4.69, 9.17) is 28.3 Å². The fraction of sp³-hybridized carbons (Fsp3) is 0.429. The summed E-state index contributed by atoms with van der Waals surface area (Å²) >= 11 is 12.1. The van der Waals surface area contributed by atoms with Gasteiger partial charge in [-0.25, -0.2) is 4.79 Å². The second-order valence-corrected chi connectivity index (χ2v) is 6.04. The van der Waals surface area contributed by atoms with Crippen LogP contribution in [-0.4, -0.2) is 35.1 Å². The number of amides is 2. The van der Waals surface area contributed by atoms with Crippen molar-refractivity contribution in [2.45, 2.75) is 19.8 Å². The Hall–Kier alpha value is -1.46. The molecule has 114 valence electrons. The third-order valence-corrected chi connectivity index (χ3v) is 4.00. The van der Waals surface area contributed by atoms with Crippen molar-refractivity contribution in [3.63, 3.8) is 0 Å². The van der Waals surface area contributed by atoms with Crippen molar-refractivity contribution in [1.82, 2.24) is 4.90 Å². The quantitative estimate of drug-likeness (QED) is 0.866. The summed E-state index contributed by atoms with van der Waals surface area (Å²) in [7, 11) is 0. The highest BCUT2D eigenvalue weighted by molar-refractivity contribution is 6.36. The molecule has 0 radical (unpaired) electrons. The van der Waals surface area contributed by atoms with Crippen molar-refractivity contribution in [3.8, 4) is 0 Å². The van der Waals surface area contributed by atoms with Crippen LogP contribution in [0.2, 0.25) is 10.0 Å². The minimum Gasteiger partial charge on any atom is -0.480 e. The molecule has 0 atom stereocenters. The number of hydrogen-bond donors (Lipinski definition) is 2. The van der Waals surface area contributed by atoms with Crippen LogP contribution in [-0.2, 0) is 4.79 Å². The molecule has 1 aromatic rings. The lowest BCUT2D eigenvalue weighted by molar-refractivity contribution is -0.137. The molecular formula is C14H16Cl2N2O3. The van der Waals surface area contributed by atoms with Crippen LogP contribution in [0.3, 0.4) is 0 Å². The summed E-state index contributed by atoms with van der Waals surface area (Å²) < 4.78 is 0. The first kappa shape index (κ1) is 15.9. The lowest BCUT2D eigenvalue weighted by Gasteiger charge is -2.21. The molecule has 0 heterocycles. The van der Waals surface area contributed by atoms with Gasteiger partial charge < -0.3 is 15.3 Å². The van der Waals surface area contributed by atoms with Gasteiger partial charge in [-0.1, -0.05) is 23.2 Å². The number of halogens is 2. The van der Waals surface area contributed by atoms with E-state index in [9.17, 15) is 9.59 Å². The maximum Gasteiger partial charge on any atom is 0.323 e. The summed E-state index contributed by atoms with van der Waals surface area (Å²) in [6.45, 7) is 1.92. The van der Waals surface area contributed by atoms with Crippen molar-refractivity contribution in [1.29, 1.82) is 0 Å². The Morgan fingerprint density at radius 2 is 2.00 bits per heavy atom. The smallest absolute Gasteiger partial charge is 0.323 e. The van der Waals surface area contributed by atoms with E-state index in [-0.39, 0.29) is 6.54 Å². The number of aliphatic carboxylic acids is 1. The average Bonchev–Trinajstić information content (AvgIpc) is 3.18. The van der Waals surface area contributed by atoms with Gasteiger partial charge in [-0.05, 0) is 43.4 Å². The van der Waals surface area contributed by atoms with Gasteiger partial charge >= 0.3 is 12.0 Å². The Morgan fingerprint density at radius 1 is 1.33 bits per heavy atom. The molecule has 0 spiro atoms. The molecule has 7 heteroatoms. The number of nitrogens with one attached hydrogen (secondary N) is 1. The number of rotatable bonds is 5. The number of anilines is 1. The summed E-state index contributed by atoms with van der Waals surface area (Å²) in [5.74, 6) is -0.647. The van der Waals surface area contributed by atoms with Crippen molar-refractivity contribution < 1.29 is 14.7 Å². The Bertz CT molecular complexity index is 574. The van der Waals surface area contributed by atoms with Gasteiger partial charge in [0, 0.05) is 11.6 Å². The van der Waals surface area contributed by atoms with Gasteiger partial charge in [0.05, 0.1) is 10.7 Å². The van der Waals surface area contributed by atoms with Crippen LogP contribution in [0, 0.1) is 12.8 Å². The van der Waals surface area contributed by atoms with Crippen LogP contribution >= 0.6 is 23.2 Å². The van der Waals surface area contributed by atoms with Crippen LogP contribution in [0.25, 0.3) is 0 Å². The summed E-state index contributed by atoms with van der Waals surface area (Å²) in [4.78, 5) is 24.4. The zero-order valence-electron chi connectivity index (χ0n) is 11.5. The molecule has 0 unspecified atom stereocenters. The Labute approximate surface area is 132 Å². The Kier molecular flexibility index (Phi) is 4.96. The van der Waals surface area contributed by atoms with E-state index in [1.807, 2.05) is 6.92 Å². The fourth-order valence-electron chi connectivity index (χ4n) is 1.93. The van der Waals surface area contributed by atoms with Gasteiger partial charge in [0.1, 0.15) is 6.54 Å². The normalized spacial score (nSPS) is 13.9. The van der Waals surface area contributed by atoms with Gasteiger partial charge in [-0.3, -0.25) is 4.79 Å². The van der Waals surface area contributed by atoms with E-state index in [1.165, 1.54) is 4.90 Å². The van der Waals surface area contributed by atoms with Crippen LogP contribution in [0.4, 0.5) is 10.5 Å². The molecule has 0 aliphatic heterocycles. The standard InChI is InChI=1S/C14H16Cl2N2O3/c1-8-4-11(16)12(5-10(8)15)17-14(21)18(7-13(19)20)6-9-2-3-9/h4-5,9H,2-3,6-7H2,1H3,(H,17,21)(H,19,20). The summed E-state index contributed by atoms with van der Waals surface area (Å²) in [5.41, 5.74) is 1.18. The number of aryl methyl sites for hydroxylation is 1. The number of carboxylic acids is 1. The molecule has 1 aliphatic carbocycles. The fourth-order valence-corrected chi connectivity index (χ4v) is 2.36. The van der Waals surface area contributed by atoms with E-state index in [2.05, 4.69) is 5.32 Å². The molecular weight excluding hydrogens is 315 g/mol. The first-order chi connectivity index (χ1) is 9.86.